The SMILES string of the molecule is C=C(C)c1noc(N2CCC(CCCOc3ccc(C(=O)O)c(C)c3)CC2)n1. The molecule has 0 radical (unpaired) electrons. The molecule has 3 rings (SSSR count). The van der Waals surface area contributed by atoms with Gasteiger partial charge < -0.3 is 19.3 Å². The summed E-state index contributed by atoms with van der Waals surface area (Å²) in [5, 5.41) is 13.0. The number of rotatable bonds is 8. The highest BCUT2D eigenvalue weighted by atomic mass is 16.5. The number of carbonyl (C=O) groups is 1. The third-order valence-electron chi connectivity index (χ3n) is 5.14. The van der Waals surface area contributed by atoms with Crippen LogP contribution in [0.1, 0.15) is 54.4 Å². The number of piperidine rings is 1. The van der Waals surface area contributed by atoms with Gasteiger partial charge in [-0.25, -0.2) is 4.79 Å². The smallest absolute Gasteiger partial charge is 0.335 e. The molecule has 0 bridgehead atoms. The zero-order chi connectivity index (χ0) is 20.1. The lowest BCUT2D eigenvalue weighted by Crippen LogP contribution is -2.34. The number of benzene rings is 1. The summed E-state index contributed by atoms with van der Waals surface area (Å²) in [4.78, 5) is 17.6. The van der Waals surface area contributed by atoms with Crippen LogP contribution in [0.5, 0.6) is 5.75 Å². The Bertz CT molecular complexity index is 838. The molecule has 1 aromatic heterocycles. The summed E-state index contributed by atoms with van der Waals surface area (Å²) >= 11 is 0. The second-order valence-electron chi connectivity index (χ2n) is 7.38. The van der Waals surface area contributed by atoms with Crippen molar-refractivity contribution in [3.63, 3.8) is 0 Å². The second kappa shape index (κ2) is 8.91. The molecule has 1 aromatic carbocycles. The number of hydrogen-bond donors (Lipinski definition) is 1. The number of anilines is 1. The van der Waals surface area contributed by atoms with Crippen molar-refractivity contribution in [2.45, 2.75) is 39.5 Å². The molecular formula is C21H27N3O4. The van der Waals surface area contributed by atoms with Crippen molar-refractivity contribution >= 4 is 17.6 Å². The Morgan fingerprint density at radius 2 is 2.14 bits per heavy atom. The van der Waals surface area contributed by atoms with Crippen molar-refractivity contribution in [3.05, 3.63) is 41.7 Å². The van der Waals surface area contributed by atoms with Crippen molar-refractivity contribution < 1.29 is 19.2 Å². The van der Waals surface area contributed by atoms with Crippen molar-refractivity contribution in [2.24, 2.45) is 5.92 Å². The Morgan fingerprint density at radius 3 is 2.75 bits per heavy atom. The Hall–Kier alpha value is -2.83. The average molecular weight is 385 g/mol. The lowest BCUT2D eigenvalue weighted by molar-refractivity contribution is 0.0696. The molecule has 1 N–H and O–H groups in total. The largest absolute Gasteiger partial charge is 0.494 e. The standard InChI is InChI=1S/C21H27N3O4/c1-14(2)19-22-21(28-23-19)24-10-8-16(9-11-24)5-4-12-27-17-6-7-18(20(25)26)15(3)13-17/h6-7,13,16H,1,4-5,8-12H2,2-3H3,(H,25,26). The van der Waals surface area contributed by atoms with Gasteiger partial charge in [0.2, 0.25) is 0 Å². The lowest BCUT2D eigenvalue weighted by atomic mass is 9.92. The molecule has 1 aliphatic heterocycles. The topological polar surface area (TPSA) is 88.7 Å². The van der Waals surface area contributed by atoms with Crippen LogP contribution in [0.2, 0.25) is 0 Å². The van der Waals surface area contributed by atoms with E-state index in [2.05, 4.69) is 21.6 Å². The van der Waals surface area contributed by atoms with E-state index < -0.39 is 5.97 Å². The van der Waals surface area contributed by atoms with E-state index in [1.54, 1.807) is 25.1 Å². The van der Waals surface area contributed by atoms with E-state index in [4.69, 9.17) is 14.4 Å². The van der Waals surface area contributed by atoms with Crippen molar-refractivity contribution in [1.29, 1.82) is 0 Å². The number of carboxylic acid groups (broad SMARTS) is 1. The van der Waals surface area contributed by atoms with E-state index in [1.807, 2.05) is 6.92 Å². The highest BCUT2D eigenvalue weighted by Crippen LogP contribution is 2.26. The number of allylic oxidation sites excluding steroid dienone is 1. The molecule has 0 aliphatic carbocycles. The predicted molar refractivity (Wildman–Crippen MR) is 107 cm³/mol. The molecule has 2 heterocycles. The Labute approximate surface area is 165 Å². The number of carboxylic acids is 1. The quantitative estimate of drug-likeness (QED) is 0.682. The van der Waals surface area contributed by atoms with E-state index in [1.165, 1.54) is 0 Å². The molecule has 0 atom stereocenters. The van der Waals surface area contributed by atoms with Crippen molar-refractivity contribution in [2.75, 3.05) is 24.6 Å². The predicted octanol–water partition coefficient (Wildman–Crippen LogP) is 4.18. The van der Waals surface area contributed by atoms with Gasteiger partial charge in [0.25, 0.3) is 0 Å². The number of aryl methyl sites for hydroxylation is 1. The molecule has 0 spiro atoms. The Morgan fingerprint density at radius 1 is 1.39 bits per heavy atom. The normalized spacial score (nSPS) is 14.9. The van der Waals surface area contributed by atoms with Crippen LogP contribution in [-0.2, 0) is 0 Å². The molecule has 7 nitrogen and oxygen atoms in total. The molecule has 0 saturated carbocycles. The van der Waals surface area contributed by atoms with E-state index in [0.29, 0.717) is 35.5 Å². The maximum absolute atomic E-state index is 11.1. The molecule has 150 valence electrons. The van der Waals surface area contributed by atoms with Crippen LogP contribution in [0.3, 0.4) is 0 Å². The average Bonchev–Trinajstić information content (AvgIpc) is 3.16. The van der Waals surface area contributed by atoms with Gasteiger partial charge in [-0.2, -0.15) is 4.98 Å². The zero-order valence-corrected chi connectivity index (χ0v) is 16.5. The van der Waals surface area contributed by atoms with Gasteiger partial charge in [-0.05, 0) is 74.8 Å². The molecule has 2 aromatic rings. The minimum Gasteiger partial charge on any atom is -0.494 e. The molecule has 1 saturated heterocycles. The van der Waals surface area contributed by atoms with Gasteiger partial charge in [-0.3, -0.25) is 0 Å². The summed E-state index contributed by atoms with van der Waals surface area (Å²) in [6.07, 6.45) is 4.28. The van der Waals surface area contributed by atoms with Gasteiger partial charge in [-0.15, -0.1) is 0 Å². The first-order chi connectivity index (χ1) is 13.4. The van der Waals surface area contributed by atoms with Crippen LogP contribution in [0.25, 0.3) is 5.57 Å². The molecule has 28 heavy (non-hydrogen) atoms. The maximum Gasteiger partial charge on any atom is 0.335 e. The van der Waals surface area contributed by atoms with Gasteiger partial charge >= 0.3 is 12.0 Å². The van der Waals surface area contributed by atoms with Gasteiger partial charge in [-0.1, -0.05) is 11.7 Å². The summed E-state index contributed by atoms with van der Waals surface area (Å²) in [5.74, 6) is 1.05. The number of ether oxygens (including phenoxy) is 1. The minimum atomic E-state index is -0.910. The van der Waals surface area contributed by atoms with Crippen molar-refractivity contribution in [3.8, 4) is 5.75 Å². The zero-order valence-electron chi connectivity index (χ0n) is 16.5. The van der Waals surface area contributed by atoms with E-state index in [0.717, 1.165) is 50.1 Å². The third-order valence-corrected chi connectivity index (χ3v) is 5.14. The molecule has 1 aliphatic rings. The first-order valence-electron chi connectivity index (χ1n) is 9.65. The van der Waals surface area contributed by atoms with Gasteiger partial charge in [0.1, 0.15) is 5.75 Å². The van der Waals surface area contributed by atoms with Crippen molar-refractivity contribution in [1.82, 2.24) is 10.1 Å². The molecule has 0 amide bonds. The third kappa shape index (κ3) is 4.91. The number of aromatic nitrogens is 2. The van der Waals surface area contributed by atoms with Gasteiger partial charge in [0, 0.05) is 13.1 Å². The van der Waals surface area contributed by atoms with Crippen LogP contribution in [0, 0.1) is 12.8 Å². The Balaban J connectivity index is 1.38. The van der Waals surface area contributed by atoms with E-state index in [9.17, 15) is 4.79 Å². The summed E-state index contributed by atoms with van der Waals surface area (Å²) in [5.41, 5.74) is 1.83. The van der Waals surface area contributed by atoms with E-state index >= 15 is 0 Å². The van der Waals surface area contributed by atoms with Crippen LogP contribution in [0.4, 0.5) is 6.01 Å². The monoisotopic (exact) mass is 385 g/mol. The molecule has 7 heteroatoms. The highest BCUT2D eigenvalue weighted by Gasteiger charge is 2.23. The number of aromatic carboxylic acids is 1. The summed E-state index contributed by atoms with van der Waals surface area (Å²) in [6.45, 7) is 9.95. The summed E-state index contributed by atoms with van der Waals surface area (Å²) < 4.78 is 11.1. The molecular weight excluding hydrogens is 358 g/mol. The molecule has 1 fully saturated rings. The fourth-order valence-corrected chi connectivity index (χ4v) is 3.46. The maximum atomic E-state index is 11.1. The fraction of sp³-hybridized carbons (Fsp3) is 0.476. The van der Waals surface area contributed by atoms with Crippen LogP contribution >= 0.6 is 0 Å². The number of nitrogens with zero attached hydrogens (tertiary/aromatic N) is 3. The fourth-order valence-electron chi connectivity index (χ4n) is 3.46. The van der Waals surface area contributed by atoms with Crippen LogP contribution < -0.4 is 9.64 Å². The van der Waals surface area contributed by atoms with Gasteiger partial charge in [0.05, 0.1) is 12.2 Å². The van der Waals surface area contributed by atoms with Crippen LogP contribution in [-0.4, -0.2) is 40.9 Å². The summed E-state index contributed by atoms with van der Waals surface area (Å²) in [6, 6.07) is 5.68. The minimum absolute atomic E-state index is 0.315. The first-order valence-corrected chi connectivity index (χ1v) is 9.65. The highest BCUT2D eigenvalue weighted by molar-refractivity contribution is 5.89. The van der Waals surface area contributed by atoms with E-state index in [-0.39, 0.29) is 0 Å². The molecule has 0 unspecified atom stereocenters. The number of hydrogen-bond acceptors (Lipinski definition) is 6. The lowest BCUT2D eigenvalue weighted by Gasteiger charge is -2.30. The second-order valence-corrected chi connectivity index (χ2v) is 7.38. The van der Waals surface area contributed by atoms with Gasteiger partial charge in [0.15, 0.2) is 5.82 Å². The first kappa shape index (κ1) is 19.9. The van der Waals surface area contributed by atoms with Crippen LogP contribution in [0.15, 0.2) is 29.3 Å². The summed E-state index contributed by atoms with van der Waals surface area (Å²) in [7, 11) is 0. The Kier molecular flexibility index (Phi) is 6.34.